The Morgan fingerprint density at radius 3 is 2.61 bits per heavy atom. The lowest BCUT2D eigenvalue weighted by molar-refractivity contribution is -0.153. The second-order valence-corrected chi connectivity index (χ2v) is 6.01. The van der Waals surface area contributed by atoms with E-state index < -0.39 is 12.8 Å². The molecule has 0 unspecified atom stereocenters. The van der Waals surface area contributed by atoms with Crippen LogP contribution in [0, 0.1) is 6.92 Å². The van der Waals surface area contributed by atoms with E-state index in [2.05, 4.69) is 20.2 Å². The molecule has 0 aliphatic heterocycles. The Bertz CT molecular complexity index is 1170. The van der Waals surface area contributed by atoms with E-state index in [9.17, 15) is 13.2 Å². The summed E-state index contributed by atoms with van der Waals surface area (Å²) in [4.78, 5) is 8.95. The van der Waals surface area contributed by atoms with E-state index in [4.69, 9.17) is 9.47 Å². The zero-order valence-electron chi connectivity index (χ0n) is 14.9. The first-order chi connectivity index (χ1) is 13.4. The zero-order valence-corrected chi connectivity index (χ0v) is 14.9. The van der Waals surface area contributed by atoms with Gasteiger partial charge in [-0.05, 0) is 25.1 Å². The molecule has 0 bridgehead atoms. The first-order valence-corrected chi connectivity index (χ1v) is 8.22. The number of pyridine rings is 1. The predicted octanol–water partition coefficient (Wildman–Crippen LogP) is 3.60. The van der Waals surface area contributed by atoms with Gasteiger partial charge in [-0.25, -0.2) is 4.98 Å². The summed E-state index contributed by atoms with van der Waals surface area (Å²) in [7, 11) is 1.50. The van der Waals surface area contributed by atoms with Gasteiger partial charge < -0.3 is 9.47 Å². The number of hydrogen-bond donors (Lipinski definition) is 0. The van der Waals surface area contributed by atoms with Gasteiger partial charge >= 0.3 is 6.18 Å². The van der Waals surface area contributed by atoms with Crippen LogP contribution in [0.5, 0.6) is 11.6 Å². The molecule has 0 atom stereocenters. The molecule has 0 aliphatic rings. The van der Waals surface area contributed by atoms with Gasteiger partial charge in [0.25, 0.3) is 0 Å². The fourth-order valence-corrected chi connectivity index (χ4v) is 2.80. The molecule has 0 saturated heterocycles. The molecule has 0 aliphatic carbocycles. The molecule has 3 aromatic heterocycles. The third-order valence-electron chi connectivity index (χ3n) is 4.02. The first-order valence-electron chi connectivity index (χ1n) is 8.22. The van der Waals surface area contributed by atoms with Crippen molar-refractivity contribution in [3.63, 3.8) is 0 Å². The minimum atomic E-state index is -4.42. The van der Waals surface area contributed by atoms with Crippen LogP contribution in [-0.4, -0.2) is 44.5 Å². The molecule has 0 spiro atoms. The van der Waals surface area contributed by atoms with Crippen LogP contribution in [0.2, 0.25) is 0 Å². The van der Waals surface area contributed by atoms with Gasteiger partial charge in [0.05, 0.1) is 12.8 Å². The summed E-state index contributed by atoms with van der Waals surface area (Å²) in [5, 5.41) is 8.34. The van der Waals surface area contributed by atoms with Crippen molar-refractivity contribution in [1.82, 2.24) is 24.6 Å². The molecule has 3 heterocycles. The largest absolute Gasteiger partial charge is 0.484 e. The zero-order chi connectivity index (χ0) is 19.9. The maximum Gasteiger partial charge on any atom is 0.422 e. The van der Waals surface area contributed by atoms with Gasteiger partial charge in [-0.15, -0.1) is 10.2 Å². The SMILES string of the molecule is COc1ccc2nnc3c(C)nc(-c4cccc(OCC(F)(F)F)c4)n3c2n1. The maximum atomic E-state index is 12.4. The Kier molecular flexibility index (Phi) is 4.25. The highest BCUT2D eigenvalue weighted by atomic mass is 19.4. The quantitative estimate of drug-likeness (QED) is 0.531. The van der Waals surface area contributed by atoms with E-state index in [0.717, 1.165) is 0 Å². The van der Waals surface area contributed by atoms with E-state index in [1.807, 2.05) is 0 Å². The number of benzene rings is 1. The van der Waals surface area contributed by atoms with Crippen LogP contribution in [0.4, 0.5) is 13.2 Å². The van der Waals surface area contributed by atoms with Crippen LogP contribution in [-0.2, 0) is 0 Å². The molecule has 0 radical (unpaired) electrons. The number of fused-ring (bicyclic) bond motifs is 3. The molecule has 0 fully saturated rings. The summed E-state index contributed by atoms with van der Waals surface area (Å²) < 4.78 is 49.1. The van der Waals surface area contributed by atoms with Crippen LogP contribution in [0.25, 0.3) is 28.2 Å². The summed E-state index contributed by atoms with van der Waals surface area (Å²) in [6.07, 6.45) is -4.42. The number of aryl methyl sites for hydroxylation is 1. The molecule has 0 saturated carbocycles. The van der Waals surface area contributed by atoms with E-state index in [0.29, 0.717) is 39.8 Å². The Hall–Kier alpha value is -3.43. The van der Waals surface area contributed by atoms with Crippen molar-refractivity contribution < 1.29 is 22.6 Å². The van der Waals surface area contributed by atoms with Crippen molar-refractivity contribution in [3.8, 4) is 23.0 Å². The summed E-state index contributed by atoms with van der Waals surface area (Å²) in [6.45, 7) is 0.397. The Morgan fingerprint density at radius 1 is 1.04 bits per heavy atom. The molecule has 4 aromatic rings. The number of ether oxygens (including phenoxy) is 2. The number of methoxy groups -OCH3 is 1. The van der Waals surface area contributed by atoms with Gasteiger partial charge in [-0.3, -0.25) is 4.40 Å². The third kappa shape index (κ3) is 3.28. The number of aromatic nitrogens is 5. The smallest absolute Gasteiger partial charge is 0.422 e. The fourth-order valence-electron chi connectivity index (χ4n) is 2.80. The van der Waals surface area contributed by atoms with E-state index in [-0.39, 0.29) is 5.75 Å². The molecule has 144 valence electrons. The minimum Gasteiger partial charge on any atom is -0.484 e. The van der Waals surface area contributed by atoms with Crippen molar-refractivity contribution in [2.24, 2.45) is 0 Å². The summed E-state index contributed by atoms with van der Waals surface area (Å²) in [5.74, 6) is 0.938. The van der Waals surface area contributed by atoms with E-state index in [1.54, 1.807) is 35.6 Å². The molecule has 10 heteroatoms. The predicted molar refractivity (Wildman–Crippen MR) is 94.4 cm³/mol. The minimum absolute atomic E-state index is 0.0843. The topological polar surface area (TPSA) is 74.4 Å². The van der Waals surface area contributed by atoms with Crippen molar-refractivity contribution in [2.45, 2.75) is 13.1 Å². The van der Waals surface area contributed by atoms with Gasteiger partial charge in [0.2, 0.25) is 5.88 Å². The highest BCUT2D eigenvalue weighted by molar-refractivity contribution is 5.77. The molecule has 7 nitrogen and oxygen atoms in total. The Balaban J connectivity index is 1.88. The van der Waals surface area contributed by atoms with Gasteiger partial charge in [-0.2, -0.15) is 18.2 Å². The molecule has 4 rings (SSSR count). The second kappa shape index (κ2) is 6.63. The van der Waals surface area contributed by atoms with Gasteiger partial charge in [0, 0.05) is 11.6 Å². The number of halogens is 3. The third-order valence-corrected chi connectivity index (χ3v) is 4.02. The Morgan fingerprint density at radius 2 is 1.86 bits per heavy atom. The number of imidazole rings is 1. The number of alkyl halides is 3. The molecular weight excluding hydrogens is 375 g/mol. The molecule has 1 aromatic carbocycles. The van der Waals surface area contributed by atoms with Crippen molar-refractivity contribution in [3.05, 3.63) is 42.1 Å². The lowest BCUT2D eigenvalue weighted by atomic mass is 10.2. The van der Waals surface area contributed by atoms with Gasteiger partial charge in [0.1, 0.15) is 17.1 Å². The summed E-state index contributed by atoms with van der Waals surface area (Å²) in [6, 6.07) is 9.65. The lowest BCUT2D eigenvalue weighted by Crippen LogP contribution is -2.19. The average Bonchev–Trinajstić information content (AvgIpc) is 3.03. The van der Waals surface area contributed by atoms with Gasteiger partial charge in [-0.1, -0.05) is 12.1 Å². The average molecular weight is 389 g/mol. The highest BCUT2D eigenvalue weighted by Crippen LogP contribution is 2.28. The monoisotopic (exact) mass is 389 g/mol. The highest BCUT2D eigenvalue weighted by Gasteiger charge is 2.28. The molecular formula is C18H14F3N5O2. The maximum absolute atomic E-state index is 12.4. The van der Waals surface area contributed by atoms with Crippen LogP contribution in [0.1, 0.15) is 5.69 Å². The normalized spacial score (nSPS) is 11.9. The van der Waals surface area contributed by atoms with Crippen LogP contribution < -0.4 is 9.47 Å². The summed E-state index contributed by atoms with van der Waals surface area (Å²) in [5.41, 5.74) is 2.65. The number of nitrogens with zero attached hydrogens (tertiary/aromatic N) is 5. The van der Waals surface area contributed by atoms with Crippen molar-refractivity contribution in [2.75, 3.05) is 13.7 Å². The number of rotatable bonds is 4. The lowest BCUT2D eigenvalue weighted by Gasteiger charge is -2.10. The number of hydrogen-bond acceptors (Lipinski definition) is 6. The standard InChI is InChI=1S/C18H14F3N5O2/c1-10-15-25-24-13-6-7-14(27-2)23-17(13)26(15)16(22-10)11-4-3-5-12(8-11)28-9-18(19,20)21/h3-8H,9H2,1-2H3. The van der Waals surface area contributed by atoms with E-state index in [1.165, 1.54) is 19.2 Å². The molecule has 0 amide bonds. The fraction of sp³-hybridized carbons (Fsp3) is 0.222. The van der Waals surface area contributed by atoms with Crippen LogP contribution in [0.15, 0.2) is 36.4 Å². The molecule has 28 heavy (non-hydrogen) atoms. The van der Waals surface area contributed by atoms with Crippen LogP contribution >= 0.6 is 0 Å². The van der Waals surface area contributed by atoms with E-state index >= 15 is 0 Å². The summed E-state index contributed by atoms with van der Waals surface area (Å²) >= 11 is 0. The van der Waals surface area contributed by atoms with Crippen molar-refractivity contribution >= 4 is 16.8 Å². The first kappa shape index (κ1) is 18.0. The van der Waals surface area contributed by atoms with Gasteiger partial charge in [0.15, 0.2) is 17.9 Å². The van der Waals surface area contributed by atoms with Crippen LogP contribution in [0.3, 0.4) is 0 Å². The Labute approximate surface area is 156 Å². The molecule has 0 N–H and O–H groups in total. The second-order valence-electron chi connectivity index (χ2n) is 6.01. The van der Waals surface area contributed by atoms with Crippen molar-refractivity contribution in [1.29, 1.82) is 0 Å².